The molecule has 1 rings (SSSR count). The third-order valence-electron chi connectivity index (χ3n) is 7.10. The van der Waals surface area contributed by atoms with Gasteiger partial charge in [0.2, 0.25) is 0 Å². The van der Waals surface area contributed by atoms with E-state index in [-0.39, 0.29) is 23.5 Å². The molecule has 3 atom stereocenters. The maximum atomic E-state index is 11.9. The predicted octanol–water partition coefficient (Wildman–Crippen LogP) is 5.87. The van der Waals surface area contributed by atoms with E-state index in [9.17, 15) is 15.0 Å². The topological polar surface area (TPSA) is 88.0 Å². The van der Waals surface area contributed by atoms with Crippen molar-refractivity contribution in [3.63, 3.8) is 0 Å². The Labute approximate surface area is 209 Å². The van der Waals surface area contributed by atoms with Crippen LogP contribution in [-0.4, -0.2) is 53.9 Å². The number of hydrogen-bond acceptors (Lipinski definition) is 6. The monoisotopic (exact) mass is 485 g/mol. The molecule has 6 heteroatoms. The van der Waals surface area contributed by atoms with Crippen LogP contribution in [0, 0.1) is 5.41 Å². The van der Waals surface area contributed by atoms with Crippen LogP contribution in [-0.2, 0) is 14.3 Å². The highest BCUT2D eigenvalue weighted by atomic mass is 16.6. The summed E-state index contributed by atoms with van der Waals surface area (Å²) in [5.74, 6) is -0.253. The third-order valence-corrected chi connectivity index (χ3v) is 7.10. The molecule has 1 saturated heterocycles. The van der Waals surface area contributed by atoms with Crippen molar-refractivity contribution < 1.29 is 24.5 Å². The Morgan fingerprint density at radius 3 is 2.09 bits per heavy atom. The summed E-state index contributed by atoms with van der Waals surface area (Å²) in [6.07, 6.45) is 16.2. The molecule has 6 nitrogen and oxygen atoms in total. The van der Waals surface area contributed by atoms with Crippen LogP contribution >= 0.6 is 0 Å². The Bertz CT molecular complexity index is 501. The maximum Gasteiger partial charge on any atom is 0.323 e. The SMILES string of the molecule is CCCCCCC(CCCCCC)OC(O)C(C)(C)CCCCCCOC(=O)[C@@H]1C[C@H](O)CN1. The van der Waals surface area contributed by atoms with E-state index in [1.54, 1.807) is 0 Å². The summed E-state index contributed by atoms with van der Waals surface area (Å²) < 4.78 is 11.6. The molecule has 0 amide bonds. The molecule has 0 aliphatic carbocycles. The number of aliphatic hydroxyl groups is 2. The zero-order valence-electron chi connectivity index (χ0n) is 22.7. The molecule has 1 heterocycles. The maximum absolute atomic E-state index is 11.9. The Morgan fingerprint density at radius 2 is 1.53 bits per heavy atom. The van der Waals surface area contributed by atoms with Crippen molar-refractivity contribution >= 4 is 5.97 Å². The highest BCUT2D eigenvalue weighted by molar-refractivity contribution is 5.76. The quantitative estimate of drug-likeness (QED) is 0.107. The minimum atomic E-state index is -0.731. The molecule has 0 aromatic heterocycles. The number of rotatable bonds is 21. The second-order valence-corrected chi connectivity index (χ2v) is 11.0. The summed E-state index contributed by atoms with van der Waals surface area (Å²) in [5.41, 5.74) is -0.271. The number of ether oxygens (including phenoxy) is 2. The first-order chi connectivity index (χ1) is 16.3. The normalized spacial score (nSPS) is 19.6. The minimum Gasteiger partial charge on any atom is -0.465 e. The summed E-state index contributed by atoms with van der Waals surface area (Å²) in [5, 5.41) is 23.3. The molecule has 0 saturated carbocycles. The molecule has 0 bridgehead atoms. The number of nitrogens with one attached hydrogen (secondary N) is 1. The summed E-state index contributed by atoms with van der Waals surface area (Å²) in [6.45, 7) is 9.57. The van der Waals surface area contributed by atoms with Gasteiger partial charge in [-0.2, -0.15) is 0 Å². The lowest BCUT2D eigenvalue weighted by Gasteiger charge is -2.33. The smallest absolute Gasteiger partial charge is 0.323 e. The standard InChI is InChI=1S/C28H55NO5/c1-5-7-9-13-17-24(18-14-10-8-6-2)34-27(32)28(3,4)19-15-11-12-16-20-33-26(31)25-21-23(30)22-29-25/h23-25,27,29-30,32H,5-22H2,1-4H3/t23-,25-,27?/m0/s1. The highest BCUT2D eigenvalue weighted by Crippen LogP contribution is 2.31. The molecule has 1 fully saturated rings. The Balaban J connectivity index is 2.24. The number of carbonyl (C=O) groups excluding carboxylic acids is 1. The number of unbranched alkanes of at least 4 members (excludes halogenated alkanes) is 9. The van der Waals surface area contributed by atoms with Gasteiger partial charge < -0.3 is 25.0 Å². The van der Waals surface area contributed by atoms with Crippen molar-refractivity contribution in [2.24, 2.45) is 5.41 Å². The van der Waals surface area contributed by atoms with Crippen molar-refractivity contribution in [3.05, 3.63) is 0 Å². The first-order valence-electron chi connectivity index (χ1n) is 14.2. The number of hydrogen-bond donors (Lipinski definition) is 3. The van der Waals surface area contributed by atoms with Gasteiger partial charge in [-0.25, -0.2) is 0 Å². The van der Waals surface area contributed by atoms with Gasteiger partial charge in [0.25, 0.3) is 0 Å². The van der Waals surface area contributed by atoms with Gasteiger partial charge in [-0.3, -0.25) is 4.79 Å². The number of esters is 1. The highest BCUT2D eigenvalue weighted by Gasteiger charge is 2.31. The van der Waals surface area contributed by atoms with E-state index in [0.29, 0.717) is 19.6 Å². The lowest BCUT2D eigenvalue weighted by Crippen LogP contribution is -2.35. The van der Waals surface area contributed by atoms with E-state index in [1.807, 2.05) is 0 Å². The molecule has 1 aliphatic heterocycles. The molecule has 1 unspecified atom stereocenters. The first kappa shape index (κ1) is 31.3. The van der Waals surface area contributed by atoms with Crippen LogP contribution in [0.4, 0.5) is 0 Å². The molecular formula is C28H55NO5. The van der Waals surface area contributed by atoms with Gasteiger partial charge in [-0.1, -0.05) is 98.3 Å². The Kier molecular flexibility index (Phi) is 17.1. The van der Waals surface area contributed by atoms with E-state index in [4.69, 9.17) is 9.47 Å². The third kappa shape index (κ3) is 14.0. The molecular weight excluding hydrogens is 430 g/mol. The molecule has 3 N–H and O–H groups in total. The number of carbonyl (C=O) groups is 1. The van der Waals surface area contributed by atoms with Gasteiger partial charge in [0.05, 0.1) is 18.8 Å². The summed E-state index contributed by atoms with van der Waals surface area (Å²) in [7, 11) is 0. The number of aliphatic hydroxyl groups excluding tert-OH is 2. The van der Waals surface area contributed by atoms with Crippen LogP contribution in [0.2, 0.25) is 0 Å². The Morgan fingerprint density at radius 1 is 0.941 bits per heavy atom. The minimum absolute atomic E-state index is 0.160. The van der Waals surface area contributed by atoms with Gasteiger partial charge in [0.15, 0.2) is 6.29 Å². The zero-order valence-corrected chi connectivity index (χ0v) is 22.7. The van der Waals surface area contributed by atoms with Crippen LogP contribution in [0.5, 0.6) is 0 Å². The van der Waals surface area contributed by atoms with Crippen molar-refractivity contribution in [2.75, 3.05) is 13.2 Å². The van der Waals surface area contributed by atoms with E-state index in [1.165, 1.54) is 51.4 Å². The van der Waals surface area contributed by atoms with Crippen LogP contribution in [0.15, 0.2) is 0 Å². The molecule has 0 spiro atoms. The van der Waals surface area contributed by atoms with Crippen LogP contribution in [0.3, 0.4) is 0 Å². The lowest BCUT2D eigenvalue weighted by atomic mass is 9.86. The van der Waals surface area contributed by atoms with Gasteiger partial charge >= 0.3 is 5.97 Å². The largest absolute Gasteiger partial charge is 0.465 e. The fourth-order valence-electron chi connectivity index (χ4n) is 4.57. The van der Waals surface area contributed by atoms with Gasteiger partial charge in [0, 0.05) is 18.4 Å². The molecule has 0 aromatic rings. The van der Waals surface area contributed by atoms with E-state index < -0.39 is 12.4 Å². The van der Waals surface area contributed by atoms with Crippen LogP contribution < -0.4 is 5.32 Å². The predicted molar refractivity (Wildman–Crippen MR) is 139 cm³/mol. The van der Waals surface area contributed by atoms with Crippen molar-refractivity contribution in [3.8, 4) is 0 Å². The molecule has 0 radical (unpaired) electrons. The molecule has 34 heavy (non-hydrogen) atoms. The van der Waals surface area contributed by atoms with E-state index >= 15 is 0 Å². The molecule has 202 valence electrons. The zero-order chi connectivity index (χ0) is 25.2. The second-order valence-electron chi connectivity index (χ2n) is 11.0. The fourth-order valence-corrected chi connectivity index (χ4v) is 4.57. The average Bonchev–Trinajstić information content (AvgIpc) is 3.24. The Hall–Kier alpha value is -0.690. The van der Waals surface area contributed by atoms with Gasteiger partial charge in [-0.05, 0) is 25.7 Å². The van der Waals surface area contributed by atoms with E-state index in [2.05, 4.69) is 33.0 Å². The second kappa shape index (κ2) is 18.6. The van der Waals surface area contributed by atoms with Crippen LogP contribution in [0.1, 0.15) is 130 Å². The van der Waals surface area contributed by atoms with Crippen molar-refractivity contribution in [2.45, 2.75) is 155 Å². The van der Waals surface area contributed by atoms with Gasteiger partial charge in [0.1, 0.15) is 6.04 Å². The lowest BCUT2D eigenvalue weighted by molar-refractivity contribution is -0.197. The number of β-amino-alcohol motifs (C(OH)–C–C–N with tert-alkyl or cyclic N) is 1. The average molecular weight is 486 g/mol. The summed E-state index contributed by atoms with van der Waals surface area (Å²) in [4.78, 5) is 11.9. The fraction of sp³-hybridized carbons (Fsp3) is 0.964. The summed E-state index contributed by atoms with van der Waals surface area (Å²) >= 11 is 0. The van der Waals surface area contributed by atoms with Crippen LogP contribution in [0.25, 0.3) is 0 Å². The van der Waals surface area contributed by atoms with Gasteiger partial charge in [-0.15, -0.1) is 0 Å². The summed E-state index contributed by atoms with van der Waals surface area (Å²) in [6, 6.07) is -0.362. The first-order valence-corrected chi connectivity index (χ1v) is 14.2. The van der Waals surface area contributed by atoms with Crippen molar-refractivity contribution in [1.29, 1.82) is 0 Å². The molecule has 0 aromatic carbocycles. The van der Waals surface area contributed by atoms with E-state index in [0.717, 1.165) is 44.9 Å². The van der Waals surface area contributed by atoms with Crippen molar-refractivity contribution in [1.82, 2.24) is 5.32 Å². The molecule has 1 aliphatic rings.